The highest BCUT2D eigenvalue weighted by Crippen LogP contribution is 2.21. The van der Waals surface area contributed by atoms with Crippen LogP contribution in [-0.2, 0) is 11.3 Å². The van der Waals surface area contributed by atoms with Gasteiger partial charge in [0.05, 0.1) is 16.7 Å². The normalized spacial score (nSPS) is 11.6. The standard InChI is InChI=1S/C20H27N5O2S/c1-4-7-12-24-18(27)15-10-8-9-11-16(15)25-19(24)22-23-20(25)28-13-17(26)21-14(5-2)6-3/h8-11,14H,4-7,12-13H2,1-3H3,(H,21,26). The molecular formula is C20H27N5O2S. The SMILES string of the molecule is CCCCn1c(=O)c2ccccc2n2c(SCC(=O)NC(CC)CC)nnc12. The summed E-state index contributed by atoms with van der Waals surface area (Å²) in [7, 11) is 0. The molecule has 0 fully saturated rings. The molecule has 0 spiro atoms. The molecule has 1 N–H and O–H groups in total. The van der Waals surface area contributed by atoms with Crippen LogP contribution in [0, 0.1) is 0 Å². The van der Waals surface area contributed by atoms with Crippen molar-refractivity contribution in [2.75, 3.05) is 5.75 Å². The molecule has 2 heterocycles. The Balaban J connectivity index is 1.97. The summed E-state index contributed by atoms with van der Waals surface area (Å²) in [4.78, 5) is 25.2. The summed E-state index contributed by atoms with van der Waals surface area (Å²) < 4.78 is 3.58. The number of carbonyl (C=O) groups is 1. The third-order valence-corrected chi connectivity index (χ3v) is 5.83. The van der Waals surface area contributed by atoms with Crippen molar-refractivity contribution in [1.29, 1.82) is 0 Å². The van der Waals surface area contributed by atoms with E-state index in [-0.39, 0.29) is 23.3 Å². The molecule has 0 bridgehead atoms. The number of carbonyl (C=O) groups excluding carboxylic acids is 1. The van der Waals surface area contributed by atoms with Crippen LogP contribution in [0.2, 0.25) is 0 Å². The maximum atomic E-state index is 12.9. The number of unbranched alkanes of at least 4 members (excludes halogenated alkanes) is 1. The van der Waals surface area contributed by atoms with Crippen molar-refractivity contribution in [3.05, 3.63) is 34.6 Å². The molecule has 0 radical (unpaired) electrons. The Kier molecular flexibility index (Phi) is 6.72. The summed E-state index contributed by atoms with van der Waals surface area (Å²) in [6, 6.07) is 7.67. The Morgan fingerprint density at radius 1 is 1.18 bits per heavy atom. The van der Waals surface area contributed by atoms with Crippen molar-refractivity contribution < 1.29 is 4.79 Å². The van der Waals surface area contributed by atoms with Gasteiger partial charge in [0.25, 0.3) is 5.56 Å². The van der Waals surface area contributed by atoms with Gasteiger partial charge in [0.15, 0.2) is 5.16 Å². The Morgan fingerprint density at radius 2 is 1.93 bits per heavy atom. The van der Waals surface area contributed by atoms with Gasteiger partial charge < -0.3 is 5.32 Å². The lowest BCUT2D eigenvalue weighted by molar-refractivity contribution is -0.119. The van der Waals surface area contributed by atoms with E-state index >= 15 is 0 Å². The number of amides is 1. The minimum atomic E-state index is -0.0491. The molecule has 0 aliphatic rings. The summed E-state index contributed by atoms with van der Waals surface area (Å²) >= 11 is 1.34. The van der Waals surface area contributed by atoms with Gasteiger partial charge in [-0.2, -0.15) is 0 Å². The molecule has 0 saturated heterocycles. The van der Waals surface area contributed by atoms with E-state index in [0.29, 0.717) is 22.9 Å². The predicted molar refractivity (Wildman–Crippen MR) is 113 cm³/mol. The molecule has 3 rings (SSSR count). The molecule has 7 nitrogen and oxygen atoms in total. The van der Waals surface area contributed by atoms with Gasteiger partial charge >= 0.3 is 0 Å². The van der Waals surface area contributed by atoms with Crippen LogP contribution in [0.1, 0.15) is 46.5 Å². The van der Waals surface area contributed by atoms with E-state index in [2.05, 4.69) is 36.3 Å². The highest BCUT2D eigenvalue weighted by Gasteiger charge is 2.17. The quantitative estimate of drug-likeness (QED) is 0.557. The van der Waals surface area contributed by atoms with E-state index < -0.39 is 0 Å². The predicted octanol–water partition coefficient (Wildman–Crippen LogP) is 3.24. The molecule has 150 valence electrons. The first-order chi connectivity index (χ1) is 13.6. The van der Waals surface area contributed by atoms with Crippen LogP contribution in [0.4, 0.5) is 0 Å². The van der Waals surface area contributed by atoms with Crippen molar-refractivity contribution in [1.82, 2.24) is 24.5 Å². The molecule has 0 aliphatic heterocycles. The number of nitrogens with one attached hydrogen (secondary N) is 1. The Labute approximate surface area is 168 Å². The number of thioether (sulfide) groups is 1. The van der Waals surface area contributed by atoms with Gasteiger partial charge in [-0.15, -0.1) is 10.2 Å². The van der Waals surface area contributed by atoms with Gasteiger partial charge in [0.2, 0.25) is 11.7 Å². The molecule has 1 amide bonds. The maximum absolute atomic E-state index is 12.9. The fraction of sp³-hybridized carbons (Fsp3) is 0.500. The van der Waals surface area contributed by atoms with Crippen LogP contribution in [0.3, 0.4) is 0 Å². The van der Waals surface area contributed by atoms with E-state index in [1.54, 1.807) is 4.57 Å². The van der Waals surface area contributed by atoms with Gasteiger partial charge in [0, 0.05) is 12.6 Å². The topological polar surface area (TPSA) is 81.3 Å². The lowest BCUT2D eigenvalue weighted by atomic mass is 10.2. The zero-order valence-electron chi connectivity index (χ0n) is 16.6. The van der Waals surface area contributed by atoms with Gasteiger partial charge in [-0.1, -0.05) is 51.1 Å². The number of hydrogen-bond donors (Lipinski definition) is 1. The number of hydrogen-bond acceptors (Lipinski definition) is 5. The van der Waals surface area contributed by atoms with Crippen molar-refractivity contribution in [3.8, 4) is 0 Å². The summed E-state index contributed by atoms with van der Waals surface area (Å²) in [5.74, 6) is 0.777. The molecule has 1 aromatic carbocycles. The van der Waals surface area contributed by atoms with E-state index in [4.69, 9.17) is 0 Å². The fourth-order valence-corrected chi connectivity index (χ4v) is 3.99. The second-order valence-corrected chi connectivity index (χ2v) is 7.76. The van der Waals surface area contributed by atoms with Gasteiger partial charge in [-0.3, -0.25) is 18.6 Å². The van der Waals surface area contributed by atoms with Gasteiger partial charge in [-0.25, -0.2) is 0 Å². The number of rotatable bonds is 9. The first-order valence-electron chi connectivity index (χ1n) is 9.89. The zero-order valence-corrected chi connectivity index (χ0v) is 17.5. The molecule has 3 aromatic rings. The second kappa shape index (κ2) is 9.23. The van der Waals surface area contributed by atoms with E-state index in [1.807, 2.05) is 28.7 Å². The van der Waals surface area contributed by atoms with Crippen LogP contribution in [-0.4, -0.2) is 36.9 Å². The highest BCUT2D eigenvalue weighted by atomic mass is 32.2. The maximum Gasteiger partial charge on any atom is 0.262 e. The molecule has 28 heavy (non-hydrogen) atoms. The molecule has 0 atom stereocenters. The van der Waals surface area contributed by atoms with Gasteiger partial charge in [0.1, 0.15) is 0 Å². The Hall–Kier alpha value is -2.35. The Bertz CT molecular complexity index is 1020. The number of fused-ring (bicyclic) bond motifs is 3. The van der Waals surface area contributed by atoms with E-state index in [0.717, 1.165) is 31.2 Å². The first kappa shape index (κ1) is 20.4. The minimum Gasteiger partial charge on any atom is -0.353 e. The van der Waals surface area contributed by atoms with Crippen LogP contribution in [0.5, 0.6) is 0 Å². The smallest absolute Gasteiger partial charge is 0.262 e. The van der Waals surface area contributed by atoms with Crippen molar-refractivity contribution in [3.63, 3.8) is 0 Å². The van der Waals surface area contributed by atoms with E-state index in [1.165, 1.54) is 11.8 Å². The van der Waals surface area contributed by atoms with Crippen LogP contribution in [0.15, 0.2) is 34.2 Å². The molecule has 0 saturated carbocycles. The second-order valence-electron chi connectivity index (χ2n) is 6.82. The number of nitrogens with zero attached hydrogens (tertiary/aromatic N) is 4. The molecule has 0 unspecified atom stereocenters. The highest BCUT2D eigenvalue weighted by molar-refractivity contribution is 7.99. The summed E-state index contributed by atoms with van der Waals surface area (Å²) in [6.07, 6.45) is 3.70. The largest absolute Gasteiger partial charge is 0.353 e. The number of aryl methyl sites for hydroxylation is 1. The summed E-state index contributed by atoms with van der Waals surface area (Å²) in [5.41, 5.74) is 0.718. The van der Waals surface area contributed by atoms with Crippen molar-refractivity contribution in [2.24, 2.45) is 0 Å². The molecule has 8 heteroatoms. The van der Waals surface area contributed by atoms with Crippen LogP contribution >= 0.6 is 11.8 Å². The lowest BCUT2D eigenvalue weighted by Crippen LogP contribution is -2.35. The lowest BCUT2D eigenvalue weighted by Gasteiger charge is -2.14. The molecular weight excluding hydrogens is 374 g/mol. The van der Waals surface area contributed by atoms with Crippen LogP contribution in [0.25, 0.3) is 16.7 Å². The molecule has 0 aliphatic carbocycles. The number of benzene rings is 1. The number of aromatic nitrogens is 4. The third-order valence-electron chi connectivity index (χ3n) is 4.90. The van der Waals surface area contributed by atoms with Crippen molar-refractivity contribution >= 4 is 34.3 Å². The molecule has 2 aromatic heterocycles. The van der Waals surface area contributed by atoms with Crippen molar-refractivity contribution in [2.45, 2.75) is 64.2 Å². The van der Waals surface area contributed by atoms with Gasteiger partial charge in [-0.05, 0) is 31.4 Å². The summed E-state index contributed by atoms with van der Waals surface area (Å²) in [5, 5.41) is 12.9. The Morgan fingerprint density at radius 3 is 2.64 bits per heavy atom. The average molecular weight is 402 g/mol. The number of para-hydroxylation sites is 1. The third kappa shape index (κ3) is 4.06. The minimum absolute atomic E-state index is 0.0148. The van der Waals surface area contributed by atoms with Crippen LogP contribution < -0.4 is 10.9 Å². The monoisotopic (exact) mass is 401 g/mol. The fourth-order valence-electron chi connectivity index (χ4n) is 3.24. The zero-order chi connectivity index (χ0) is 20.1. The first-order valence-corrected chi connectivity index (χ1v) is 10.9. The average Bonchev–Trinajstić information content (AvgIpc) is 3.14. The van der Waals surface area contributed by atoms with E-state index in [9.17, 15) is 9.59 Å². The summed E-state index contributed by atoms with van der Waals surface area (Å²) in [6.45, 7) is 6.82.